The Labute approximate surface area is 107 Å². The summed E-state index contributed by atoms with van der Waals surface area (Å²) in [5.74, 6) is 1.43. The number of rotatable bonds is 10. The van der Waals surface area contributed by atoms with Gasteiger partial charge in [0.1, 0.15) is 0 Å². The normalized spacial score (nSPS) is 20.4. The van der Waals surface area contributed by atoms with Crippen LogP contribution in [0.3, 0.4) is 0 Å². The molecule has 0 nitrogen and oxygen atoms in total. The van der Waals surface area contributed by atoms with Crippen molar-refractivity contribution in [2.24, 2.45) is 0 Å². The fourth-order valence-electron chi connectivity index (χ4n) is 2.55. The summed E-state index contributed by atoms with van der Waals surface area (Å²) in [6, 6.07) is 0. The first-order chi connectivity index (χ1) is 7.93. The topological polar surface area (TPSA) is 0 Å². The van der Waals surface area contributed by atoms with E-state index in [4.69, 9.17) is 0 Å². The van der Waals surface area contributed by atoms with Gasteiger partial charge >= 0.3 is 0 Å². The molecule has 1 heterocycles. The zero-order chi connectivity index (χ0) is 11.5. The third-order valence-corrected chi connectivity index (χ3v) is 5.12. The van der Waals surface area contributed by atoms with E-state index in [1.807, 2.05) is 0 Å². The number of thioether (sulfide) groups is 1. The van der Waals surface area contributed by atoms with Crippen LogP contribution in [0.4, 0.5) is 0 Å². The third kappa shape index (κ3) is 7.60. The SMILES string of the molecule is CCCCCCCCCCCC1CCCS1. The van der Waals surface area contributed by atoms with E-state index in [1.54, 1.807) is 0 Å². The van der Waals surface area contributed by atoms with Crippen molar-refractivity contribution in [3.05, 3.63) is 0 Å². The van der Waals surface area contributed by atoms with Gasteiger partial charge < -0.3 is 0 Å². The molecule has 0 amide bonds. The smallest absolute Gasteiger partial charge is 0.00473 e. The Hall–Kier alpha value is 0.350. The maximum absolute atomic E-state index is 2.29. The molecule has 1 heteroatoms. The summed E-state index contributed by atoms with van der Waals surface area (Å²) in [5.41, 5.74) is 0. The molecule has 0 saturated carbocycles. The fourth-order valence-corrected chi connectivity index (χ4v) is 3.89. The van der Waals surface area contributed by atoms with Gasteiger partial charge in [-0.1, -0.05) is 64.7 Å². The largest absolute Gasteiger partial charge is 0.159 e. The highest BCUT2D eigenvalue weighted by Crippen LogP contribution is 2.30. The average Bonchev–Trinajstić information content (AvgIpc) is 2.80. The summed E-state index contributed by atoms with van der Waals surface area (Å²) in [4.78, 5) is 0. The summed E-state index contributed by atoms with van der Waals surface area (Å²) in [5, 5.41) is 1.03. The third-order valence-electron chi connectivity index (χ3n) is 3.65. The molecule has 0 spiro atoms. The molecule has 1 saturated heterocycles. The molecule has 96 valence electrons. The van der Waals surface area contributed by atoms with Gasteiger partial charge in [0.2, 0.25) is 0 Å². The Balaban J connectivity index is 1.71. The van der Waals surface area contributed by atoms with Crippen LogP contribution >= 0.6 is 11.8 Å². The fraction of sp³-hybridized carbons (Fsp3) is 1.00. The summed E-state index contributed by atoms with van der Waals surface area (Å²) >= 11 is 2.22. The average molecular weight is 242 g/mol. The predicted molar refractivity (Wildman–Crippen MR) is 77.3 cm³/mol. The van der Waals surface area contributed by atoms with E-state index in [2.05, 4.69) is 18.7 Å². The van der Waals surface area contributed by atoms with Crippen molar-refractivity contribution >= 4 is 11.8 Å². The first-order valence-electron chi connectivity index (χ1n) is 7.55. The molecule has 1 atom stereocenters. The molecule has 0 bridgehead atoms. The van der Waals surface area contributed by atoms with Crippen LogP contribution in [-0.4, -0.2) is 11.0 Å². The predicted octanol–water partition coefficient (Wildman–Crippen LogP) is 5.80. The van der Waals surface area contributed by atoms with Gasteiger partial charge in [-0.3, -0.25) is 0 Å². The van der Waals surface area contributed by atoms with Crippen LogP contribution in [0.15, 0.2) is 0 Å². The summed E-state index contributed by atoms with van der Waals surface area (Å²) in [7, 11) is 0. The first-order valence-corrected chi connectivity index (χ1v) is 8.60. The zero-order valence-corrected chi connectivity index (χ0v) is 12.0. The van der Waals surface area contributed by atoms with Crippen LogP contribution in [0.2, 0.25) is 0 Å². The van der Waals surface area contributed by atoms with Gasteiger partial charge in [0.15, 0.2) is 0 Å². The lowest BCUT2D eigenvalue weighted by atomic mass is 10.0. The van der Waals surface area contributed by atoms with E-state index in [0.717, 1.165) is 5.25 Å². The van der Waals surface area contributed by atoms with Gasteiger partial charge in [-0.15, -0.1) is 0 Å². The Bertz CT molecular complexity index is 138. The molecule has 16 heavy (non-hydrogen) atoms. The van der Waals surface area contributed by atoms with Crippen molar-refractivity contribution in [1.29, 1.82) is 0 Å². The van der Waals surface area contributed by atoms with Crippen molar-refractivity contribution < 1.29 is 0 Å². The molecular formula is C15H30S. The van der Waals surface area contributed by atoms with Gasteiger partial charge in [0, 0.05) is 5.25 Å². The minimum absolute atomic E-state index is 1.03. The molecule has 1 aliphatic rings. The molecule has 0 aromatic rings. The highest BCUT2D eigenvalue weighted by molar-refractivity contribution is 8.00. The van der Waals surface area contributed by atoms with E-state index in [-0.39, 0.29) is 0 Å². The van der Waals surface area contributed by atoms with Crippen LogP contribution in [-0.2, 0) is 0 Å². The molecule has 0 aromatic carbocycles. The molecular weight excluding hydrogens is 212 g/mol. The monoisotopic (exact) mass is 242 g/mol. The van der Waals surface area contributed by atoms with Crippen LogP contribution in [0.1, 0.15) is 84.0 Å². The highest BCUT2D eigenvalue weighted by atomic mass is 32.2. The van der Waals surface area contributed by atoms with Gasteiger partial charge in [0.25, 0.3) is 0 Å². The first kappa shape index (κ1) is 14.4. The molecule has 0 N–H and O–H groups in total. The molecule has 1 unspecified atom stereocenters. The van der Waals surface area contributed by atoms with Crippen LogP contribution in [0.5, 0.6) is 0 Å². The Morgan fingerprint density at radius 2 is 1.50 bits per heavy atom. The highest BCUT2D eigenvalue weighted by Gasteiger charge is 2.14. The van der Waals surface area contributed by atoms with Crippen molar-refractivity contribution in [3.63, 3.8) is 0 Å². The molecule has 0 radical (unpaired) electrons. The Morgan fingerprint density at radius 1 is 0.875 bits per heavy atom. The van der Waals surface area contributed by atoms with Crippen molar-refractivity contribution in [1.82, 2.24) is 0 Å². The lowest BCUT2D eigenvalue weighted by Crippen LogP contribution is -1.95. The number of hydrogen-bond donors (Lipinski definition) is 0. The van der Waals surface area contributed by atoms with Crippen LogP contribution < -0.4 is 0 Å². The van der Waals surface area contributed by atoms with E-state index in [9.17, 15) is 0 Å². The number of hydrogen-bond acceptors (Lipinski definition) is 1. The lowest BCUT2D eigenvalue weighted by Gasteiger charge is -2.07. The van der Waals surface area contributed by atoms with Gasteiger partial charge in [-0.2, -0.15) is 11.8 Å². The standard InChI is InChI=1S/C15H30S/c1-2-3-4-5-6-7-8-9-10-12-15-13-11-14-16-15/h15H,2-14H2,1H3. The minimum Gasteiger partial charge on any atom is -0.159 e. The maximum atomic E-state index is 2.29. The minimum atomic E-state index is 1.03. The maximum Gasteiger partial charge on any atom is 0.00473 e. The lowest BCUT2D eigenvalue weighted by molar-refractivity contribution is 0.550. The van der Waals surface area contributed by atoms with E-state index >= 15 is 0 Å². The molecule has 1 rings (SSSR count). The van der Waals surface area contributed by atoms with Crippen LogP contribution in [0.25, 0.3) is 0 Å². The molecule has 1 fully saturated rings. The Kier molecular flexibility index (Phi) is 9.46. The molecule has 1 aliphatic heterocycles. The Morgan fingerprint density at radius 3 is 2.06 bits per heavy atom. The van der Waals surface area contributed by atoms with E-state index < -0.39 is 0 Å². The molecule has 0 aromatic heterocycles. The molecule has 0 aliphatic carbocycles. The zero-order valence-electron chi connectivity index (χ0n) is 11.2. The second kappa shape index (κ2) is 10.5. The van der Waals surface area contributed by atoms with Crippen molar-refractivity contribution in [2.75, 3.05) is 5.75 Å². The van der Waals surface area contributed by atoms with E-state index in [0.29, 0.717) is 0 Å². The van der Waals surface area contributed by atoms with Gasteiger partial charge in [-0.05, 0) is 25.0 Å². The number of unbranched alkanes of at least 4 members (excludes halogenated alkanes) is 8. The van der Waals surface area contributed by atoms with Gasteiger partial charge in [0.05, 0.1) is 0 Å². The summed E-state index contributed by atoms with van der Waals surface area (Å²) < 4.78 is 0. The second-order valence-corrected chi connectivity index (χ2v) is 6.66. The van der Waals surface area contributed by atoms with Gasteiger partial charge in [-0.25, -0.2) is 0 Å². The van der Waals surface area contributed by atoms with Crippen molar-refractivity contribution in [2.45, 2.75) is 89.2 Å². The second-order valence-electron chi connectivity index (χ2n) is 5.25. The van der Waals surface area contributed by atoms with Crippen molar-refractivity contribution in [3.8, 4) is 0 Å². The summed E-state index contributed by atoms with van der Waals surface area (Å²) in [6.45, 7) is 2.29. The quantitative estimate of drug-likeness (QED) is 0.436. The van der Waals surface area contributed by atoms with Crippen LogP contribution in [0, 0.1) is 0 Å². The van der Waals surface area contributed by atoms with E-state index in [1.165, 1.54) is 82.8 Å². The summed E-state index contributed by atoms with van der Waals surface area (Å²) in [6.07, 6.45) is 17.7.